The zero-order valence-electron chi connectivity index (χ0n) is 20.8. The highest BCUT2D eigenvalue weighted by Crippen LogP contribution is 2.27. The first kappa shape index (κ1) is 25.5. The topological polar surface area (TPSA) is 84.4 Å². The minimum absolute atomic E-state index is 0.00655. The maximum Gasteiger partial charge on any atom is 0.274 e. The number of ether oxygens (including phenoxy) is 1. The number of aryl methyl sites for hydroxylation is 1. The number of hydrogen-bond donors (Lipinski definition) is 1. The van der Waals surface area contributed by atoms with E-state index < -0.39 is 0 Å². The Hall–Kier alpha value is -3.58. The molecule has 0 aliphatic carbocycles. The Balaban J connectivity index is 1.33. The molecule has 1 atom stereocenters. The molecule has 1 N–H and O–H groups in total. The van der Waals surface area contributed by atoms with Crippen molar-refractivity contribution in [2.45, 2.75) is 44.6 Å². The molecule has 2 amide bonds. The number of carbonyl (C=O) groups excluding carboxylic acids is 2. The van der Waals surface area contributed by atoms with Crippen LogP contribution in [0.1, 0.15) is 58.9 Å². The van der Waals surface area contributed by atoms with Gasteiger partial charge in [-0.1, -0.05) is 60.7 Å². The molecule has 1 aliphatic rings. The van der Waals surface area contributed by atoms with Gasteiger partial charge in [-0.3, -0.25) is 14.6 Å². The second kappa shape index (κ2) is 12.9. The fourth-order valence-corrected chi connectivity index (χ4v) is 4.55. The zero-order chi connectivity index (χ0) is 25.2. The zero-order valence-corrected chi connectivity index (χ0v) is 20.8. The minimum atomic E-state index is -0.223. The van der Waals surface area contributed by atoms with Crippen molar-refractivity contribution in [3.63, 3.8) is 0 Å². The van der Waals surface area contributed by atoms with E-state index in [0.29, 0.717) is 26.2 Å². The molecule has 2 heterocycles. The molecule has 7 heteroatoms. The second-order valence-electron chi connectivity index (χ2n) is 9.19. The summed E-state index contributed by atoms with van der Waals surface area (Å²) in [4.78, 5) is 35.9. The third-order valence-corrected chi connectivity index (χ3v) is 6.50. The summed E-state index contributed by atoms with van der Waals surface area (Å²) in [6.07, 6.45) is 5.98. The van der Waals surface area contributed by atoms with Crippen LogP contribution in [-0.2, 0) is 9.53 Å². The van der Waals surface area contributed by atoms with Crippen molar-refractivity contribution in [1.29, 1.82) is 0 Å². The van der Waals surface area contributed by atoms with Crippen LogP contribution in [0.15, 0.2) is 73.1 Å². The van der Waals surface area contributed by atoms with Crippen LogP contribution in [0.2, 0.25) is 0 Å². The molecule has 1 aliphatic heterocycles. The summed E-state index contributed by atoms with van der Waals surface area (Å²) in [5, 5.41) is 3.05. The van der Waals surface area contributed by atoms with Crippen LogP contribution in [0.25, 0.3) is 0 Å². The van der Waals surface area contributed by atoms with E-state index in [4.69, 9.17) is 4.74 Å². The highest BCUT2D eigenvalue weighted by atomic mass is 16.5. The molecular formula is C29H34N4O3. The number of benzene rings is 2. The first-order valence-electron chi connectivity index (χ1n) is 12.7. The van der Waals surface area contributed by atoms with Crippen molar-refractivity contribution in [2.75, 3.05) is 26.2 Å². The van der Waals surface area contributed by atoms with E-state index >= 15 is 0 Å². The van der Waals surface area contributed by atoms with Crippen LogP contribution in [0.3, 0.4) is 0 Å². The van der Waals surface area contributed by atoms with Crippen LogP contribution in [0, 0.1) is 6.92 Å². The van der Waals surface area contributed by atoms with E-state index in [9.17, 15) is 9.59 Å². The lowest BCUT2D eigenvalue weighted by molar-refractivity contribution is -0.121. The number of aromatic nitrogens is 2. The Morgan fingerprint density at radius 3 is 2.31 bits per heavy atom. The smallest absolute Gasteiger partial charge is 0.274 e. The molecular weight excluding hydrogens is 452 g/mol. The Morgan fingerprint density at radius 2 is 1.72 bits per heavy atom. The Bertz CT molecular complexity index is 1060. The number of hydrogen-bond acceptors (Lipinski definition) is 5. The van der Waals surface area contributed by atoms with E-state index in [2.05, 4.69) is 39.6 Å². The monoisotopic (exact) mass is 486 g/mol. The molecule has 1 fully saturated rings. The molecule has 0 saturated carbocycles. The lowest BCUT2D eigenvalue weighted by Gasteiger charge is -2.25. The van der Waals surface area contributed by atoms with Gasteiger partial charge in [0, 0.05) is 44.8 Å². The van der Waals surface area contributed by atoms with Crippen molar-refractivity contribution < 1.29 is 14.3 Å². The third kappa shape index (κ3) is 7.21. The highest BCUT2D eigenvalue weighted by molar-refractivity contribution is 5.92. The van der Waals surface area contributed by atoms with Gasteiger partial charge in [0.2, 0.25) is 5.91 Å². The van der Waals surface area contributed by atoms with Crippen LogP contribution < -0.4 is 5.32 Å². The van der Waals surface area contributed by atoms with Crippen LogP contribution in [-0.4, -0.2) is 59.0 Å². The van der Waals surface area contributed by atoms with E-state index in [1.807, 2.05) is 43.3 Å². The number of carbonyl (C=O) groups is 2. The molecule has 4 rings (SSSR count). The van der Waals surface area contributed by atoms with Gasteiger partial charge < -0.3 is 15.0 Å². The minimum Gasteiger partial charge on any atom is -0.376 e. The first-order valence-corrected chi connectivity index (χ1v) is 12.7. The fourth-order valence-electron chi connectivity index (χ4n) is 4.55. The van der Waals surface area contributed by atoms with E-state index in [1.54, 1.807) is 11.1 Å². The van der Waals surface area contributed by atoms with Crippen molar-refractivity contribution in [3.05, 3.63) is 95.6 Å². The average molecular weight is 487 g/mol. The van der Waals surface area contributed by atoms with Gasteiger partial charge in [-0.25, -0.2) is 4.98 Å². The van der Waals surface area contributed by atoms with Gasteiger partial charge in [-0.15, -0.1) is 0 Å². The van der Waals surface area contributed by atoms with Gasteiger partial charge in [0.1, 0.15) is 5.69 Å². The normalized spacial score (nSPS) is 15.1. The quantitative estimate of drug-likeness (QED) is 0.441. The molecule has 1 unspecified atom stereocenters. The summed E-state index contributed by atoms with van der Waals surface area (Å²) in [6, 6.07) is 20.7. The SMILES string of the molecule is Cc1cnc(C(=O)N(CCC(=O)NCCC(c2ccccc2)c2ccccc2)CC2CCCO2)cn1. The Labute approximate surface area is 212 Å². The van der Waals surface area contributed by atoms with Gasteiger partial charge in [0.15, 0.2) is 0 Å². The molecule has 0 radical (unpaired) electrons. The summed E-state index contributed by atoms with van der Waals surface area (Å²) in [5.41, 5.74) is 3.49. The Morgan fingerprint density at radius 1 is 1.03 bits per heavy atom. The summed E-state index contributed by atoms with van der Waals surface area (Å²) >= 11 is 0. The summed E-state index contributed by atoms with van der Waals surface area (Å²) in [5.74, 6) is -0.0978. The second-order valence-corrected chi connectivity index (χ2v) is 9.19. The standard InChI is InChI=1S/C29H34N4O3/c1-22-19-32-27(20-31-22)29(35)33(21-25-13-8-18-36-25)17-15-28(34)30-16-14-26(23-9-4-2-5-10-23)24-11-6-3-7-12-24/h2-7,9-12,19-20,25-26H,8,13-18,21H2,1H3,(H,30,34). The number of nitrogens with one attached hydrogen (secondary N) is 1. The lowest BCUT2D eigenvalue weighted by Crippen LogP contribution is -2.40. The molecule has 1 aromatic heterocycles. The van der Waals surface area contributed by atoms with Crippen LogP contribution in [0.5, 0.6) is 0 Å². The predicted octanol–water partition coefficient (Wildman–Crippen LogP) is 4.13. The molecule has 0 bridgehead atoms. The number of nitrogens with zero attached hydrogens (tertiary/aromatic N) is 3. The summed E-state index contributed by atoms with van der Waals surface area (Å²) in [6.45, 7) is 3.85. The van der Waals surface area contributed by atoms with E-state index in [1.165, 1.54) is 17.3 Å². The van der Waals surface area contributed by atoms with Crippen LogP contribution in [0.4, 0.5) is 0 Å². The number of rotatable bonds is 11. The highest BCUT2D eigenvalue weighted by Gasteiger charge is 2.25. The molecule has 7 nitrogen and oxygen atoms in total. The van der Waals surface area contributed by atoms with Crippen molar-refractivity contribution in [3.8, 4) is 0 Å². The first-order chi connectivity index (χ1) is 17.6. The molecule has 2 aromatic carbocycles. The molecule has 0 spiro atoms. The van der Waals surface area contributed by atoms with Gasteiger partial charge in [-0.05, 0) is 37.3 Å². The summed E-state index contributed by atoms with van der Waals surface area (Å²) < 4.78 is 5.74. The fraction of sp³-hybridized carbons (Fsp3) is 0.379. The Kier molecular flexibility index (Phi) is 9.16. The predicted molar refractivity (Wildman–Crippen MR) is 139 cm³/mol. The largest absolute Gasteiger partial charge is 0.376 e. The van der Waals surface area contributed by atoms with Gasteiger partial charge in [-0.2, -0.15) is 0 Å². The average Bonchev–Trinajstić information content (AvgIpc) is 3.43. The van der Waals surface area contributed by atoms with Gasteiger partial charge in [0.25, 0.3) is 5.91 Å². The molecule has 36 heavy (non-hydrogen) atoms. The number of amides is 2. The van der Waals surface area contributed by atoms with Crippen molar-refractivity contribution in [1.82, 2.24) is 20.2 Å². The van der Waals surface area contributed by atoms with E-state index in [0.717, 1.165) is 25.0 Å². The maximum absolute atomic E-state index is 13.1. The summed E-state index contributed by atoms with van der Waals surface area (Å²) in [7, 11) is 0. The van der Waals surface area contributed by atoms with E-state index in [-0.39, 0.29) is 36.0 Å². The van der Waals surface area contributed by atoms with Crippen molar-refractivity contribution >= 4 is 11.8 Å². The van der Waals surface area contributed by atoms with Crippen molar-refractivity contribution in [2.24, 2.45) is 0 Å². The molecule has 188 valence electrons. The van der Waals surface area contributed by atoms with Crippen LogP contribution >= 0.6 is 0 Å². The maximum atomic E-state index is 13.1. The molecule has 1 saturated heterocycles. The van der Waals surface area contributed by atoms with Gasteiger partial charge in [0.05, 0.1) is 18.0 Å². The van der Waals surface area contributed by atoms with Gasteiger partial charge >= 0.3 is 0 Å². The molecule has 3 aromatic rings. The lowest BCUT2D eigenvalue weighted by atomic mass is 9.88. The third-order valence-electron chi connectivity index (χ3n) is 6.50.